The molecule has 0 amide bonds. The van der Waals surface area contributed by atoms with Crippen LogP contribution in [0.25, 0.3) is 11.3 Å². The lowest BCUT2D eigenvalue weighted by Gasteiger charge is -1.99. The number of nitrogens with zero attached hydrogens (tertiary/aromatic N) is 4. The first kappa shape index (κ1) is 9.64. The molecule has 5 nitrogen and oxygen atoms in total. The van der Waals surface area contributed by atoms with Crippen molar-refractivity contribution in [1.29, 1.82) is 0 Å². The Morgan fingerprint density at radius 1 is 1.40 bits per heavy atom. The zero-order valence-corrected chi connectivity index (χ0v) is 8.81. The number of hydrogen-bond acceptors (Lipinski definition) is 4. The summed E-state index contributed by atoms with van der Waals surface area (Å²) in [6.45, 7) is 4.71. The maximum absolute atomic E-state index is 5.66. The lowest BCUT2D eigenvalue weighted by molar-refractivity contribution is 0.660. The standard InChI is InChI=1S/C10H13N5/c1-3-15-6-8(5-12-15)9-4-10(11)14-7(2)13-9/h4-6H,3H2,1-2H3,(H2,11,13,14). The molecule has 5 heteroatoms. The van der Waals surface area contributed by atoms with E-state index in [9.17, 15) is 0 Å². The summed E-state index contributed by atoms with van der Waals surface area (Å²) >= 11 is 0. The quantitative estimate of drug-likeness (QED) is 0.797. The summed E-state index contributed by atoms with van der Waals surface area (Å²) in [6, 6.07) is 1.75. The van der Waals surface area contributed by atoms with Crippen LogP contribution >= 0.6 is 0 Å². The van der Waals surface area contributed by atoms with Crippen molar-refractivity contribution in [3.05, 3.63) is 24.3 Å². The van der Waals surface area contributed by atoms with Crippen LogP contribution in [-0.2, 0) is 6.54 Å². The van der Waals surface area contributed by atoms with Crippen molar-refractivity contribution in [2.75, 3.05) is 5.73 Å². The molecule has 0 spiro atoms. The van der Waals surface area contributed by atoms with Crippen molar-refractivity contribution < 1.29 is 0 Å². The minimum atomic E-state index is 0.488. The molecular formula is C10H13N5. The van der Waals surface area contributed by atoms with Crippen molar-refractivity contribution in [3.8, 4) is 11.3 Å². The van der Waals surface area contributed by atoms with Crippen LogP contribution in [0, 0.1) is 6.92 Å². The Morgan fingerprint density at radius 3 is 2.80 bits per heavy atom. The van der Waals surface area contributed by atoms with E-state index in [1.165, 1.54) is 0 Å². The molecule has 2 aromatic rings. The zero-order chi connectivity index (χ0) is 10.8. The summed E-state index contributed by atoms with van der Waals surface area (Å²) in [4.78, 5) is 8.33. The van der Waals surface area contributed by atoms with Crippen molar-refractivity contribution in [2.24, 2.45) is 0 Å². The molecule has 2 aromatic heterocycles. The highest BCUT2D eigenvalue weighted by Gasteiger charge is 2.04. The van der Waals surface area contributed by atoms with E-state index in [4.69, 9.17) is 5.73 Å². The van der Waals surface area contributed by atoms with Crippen molar-refractivity contribution in [1.82, 2.24) is 19.7 Å². The van der Waals surface area contributed by atoms with Crippen LogP contribution in [-0.4, -0.2) is 19.7 Å². The molecule has 2 rings (SSSR count). The van der Waals surface area contributed by atoms with Gasteiger partial charge in [-0.2, -0.15) is 5.10 Å². The number of nitrogen functional groups attached to an aromatic ring is 1. The molecule has 0 saturated heterocycles. The van der Waals surface area contributed by atoms with Gasteiger partial charge in [-0.05, 0) is 13.8 Å². The number of aryl methyl sites for hydroxylation is 2. The van der Waals surface area contributed by atoms with E-state index in [0.717, 1.165) is 17.8 Å². The van der Waals surface area contributed by atoms with E-state index in [1.807, 2.05) is 24.7 Å². The molecule has 0 aliphatic heterocycles. The summed E-state index contributed by atoms with van der Waals surface area (Å²) in [6.07, 6.45) is 3.73. The predicted octanol–water partition coefficient (Wildman–Crippen LogP) is 1.25. The van der Waals surface area contributed by atoms with E-state index in [0.29, 0.717) is 11.6 Å². The fourth-order valence-corrected chi connectivity index (χ4v) is 1.41. The molecule has 0 aliphatic rings. The van der Waals surface area contributed by atoms with Gasteiger partial charge in [-0.3, -0.25) is 4.68 Å². The molecule has 2 N–H and O–H groups in total. The van der Waals surface area contributed by atoms with Gasteiger partial charge >= 0.3 is 0 Å². The van der Waals surface area contributed by atoms with Gasteiger partial charge in [-0.1, -0.05) is 0 Å². The molecule has 0 fully saturated rings. The first-order valence-corrected chi connectivity index (χ1v) is 4.83. The maximum Gasteiger partial charge on any atom is 0.128 e. The number of nitrogens with two attached hydrogens (primary N) is 1. The Labute approximate surface area is 88.0 Å². The van der Waals surface area contributed by atoms with Crippen molar-refractivity contribution in [3.63, 3.8) is 0 Å². The third-order valence-corrected chi connectivity index (χ3v) is 2.11. The molecule has 78 valence electrons. The zero-order valence-electron chi connectivity index (χ0n) is 8.81. The SMILES string of the molecule is CCn1cc(-c2cc(N)nc(C)n2)cn1. The van der Waals surface area contributed by atoms with Gasteiger partial charge in [0.05, 0.1) is 11.9 Å². The highest BCUT2D eigenvalue weighted by molar-refractivity contribution is 5.59. The Morgan fingerprint density at radius 2 is 2.20 bits per heavy atom. The van der Waals surface area contributed by atoms with E-state index in [-0.39, 0.29) is 0 Å². The van der Waals surface area contributed by atoms with Crippen LogP contribution in [0.3, 0.4) is 0 Å². The number of hydrogen-bond donors (Lipinski definition) is 1. The largest absolute Gasteiger partial charge is 0.384 e. The smallest absolute Gasteiger partial charge is 0.128 e. The van der Waals surface area contributed by atoms with Crippen molar-refractivity contribution >= 4 is 5.82 Å². The molecule has 15 heavy (non-hydrogen) atoms. The van der Waals surface area contributed by atoms with E-state index < -0.39 is 0 Å². The van der Waals surface area contributed by atoms with Gasteiger partial charge in [0.2, 0.25) is 0 Å². The Balaban J connectivity index is 2.44. The number of aromatic nitrogens is 4. The second kappa shape index (κ2) is 3.68. The fourth-order valence-electron chi connectivity index (χ4n) is 1.41. The molecular weight excluding hydrogens is 190 g/mol. The predicted molar refractivity (Wildman–Crippen MR) is 58.1 cm³/mol. The van der Waals surface area contributed by atoms with Crippen LogP contribution in [0.1, 0.15) is 12.7 Å². The summed E-state index contributed by atoms with van der Waals surface area (Å²) in [5, 5.41) is 4.19. The van der Waals surface area contributed by atoms with Gasteiger partial charge in [0.15, 0.2) is 0 Å². The first-order chi connectivity index (χ1) is 7.19. The normalized spacial score (nSPS) is 10.5. The third-order valence-electron chi connectivity index (χ3n) is 2.11. The summed E-state index contributed by atoms with van der Waals surface area (Å²) < 4.78 is 1.85. The van der Waals surface area contributed by atoms with Crippen molar-refractivity contribution in [2.45, 2.75) is 20.4 Å². The monoisotopic (exact) mass is 203 g/mol. The van der Waals surface area contributed by atoms with Crippen LogP contribution in [0.15, 0.2) is 18.5 Å². The highest BCUT2D eigenvalue weighted by atomic mass is 15.3. The van der Waals surface area contributed by atoms with Crippen LogP contribution in [0.4, 0.5) is 5.82 Å². The Bertz CT molecular complexity index is 454. The molecule has 0 aliphatic carbocycles. The van der Waals surface area contributed by atoms with Gasteiger partial charge in [0, 0.05) is 24.4 Å². The second-order valence-electron chi connectivity index (χ2n) is 3.31. The summed E-state index contributed by atoms with van der Waals surface area (Å²) in [7, 11) is 0. The minimum absolute atomic E-state index is 0.488. The Kier molecular flexibility index (Phi) is 2.37. The number of anilines is 1. The second-order valence-corrected chi connectivity index (χ2v) is 3.31. The van der Waals surface area contributed by atoms with Gasteiger partial charge in [-0.15, -0.1) is 0 Å². The van der Waals surface area contributed by atoms with Crippen LogP contribution < -0.4 is 5.73 Å². The van der Waals surface area contributed by atoms with Crippen LogP contribution in [0.2, 0.25) is 0 Å². The third kappa shape index (κ3) is 1.96. The summed E-state index contributed by atoms with van der Waals surface area (Å²) in [5.41, 5.74) is 7.44. The van der Waals surface area contributed by atoms with Crippen LogP contribution in [0.5, 0.6) is 0 Å². The maximum atomic E-state index is 5.66. The molecule has 0 aromatic carbocycles. The Hall–Kier alpha value is -1.91. The lowest BCUT2D eigenvalue weighted by Crippen LogP contribution is -1.97. The van der Waals surface area contributed by atoms with E-state index >= 15 is 0 Å². The lowest BCUT2D eigenvalue weighted by atomic mass is 10.2. The van der Waals surface area contributed by atoms with Gasteiger partial charge in [0.25, 0.3) is 0 Å². The van der Waals surface area contributed by atoms with Gasteiger partial charge in [-0.25, -0.2) is 9.97 Å². The summed E-state index contributed by atoms with van der Waals surface area (Å²) in [5.74, 6) is 1.16. The average Bonchev–Trinajstić information content (AvgIpc) is 2.64. The fraction of sp³-hybridized carbons (Fsp3) is 0.300. The van der Waals surface area contributed by atoms with E-state index in [1.54, 1.807) is 12.3 Å². The van der Waals surface area contributed by atoms with Gasteiger partial charge < -0.3 is 5.73 Å². The molecule has 0 unspecified atom stereocenters. The average molecular weight is 203 g/mol. The van der Waals surface area contributed by atoms with Gasteiger partial charge in [0.1, 0.15) is 11.6 Å². The number of rotatable bonds is 2. The molecule has 2 heterocycles. The molecule has 0 bridgehead atoms. The topological polar surface area (TPSA) is 69.6 Å². The molecule has 0 saturated carbocycles. The molecule has 0 atom stereocenters. The minimum Gasteiger partial charge on any atom is -0.384 e. The molecule has 0 radical (unpaired) electrons. The first-order valence-electron chi connectivity index (χ1n) is 4.83. The highest BCUT2D eigenvalue weighted by Crippen LogP contribution is 2.17. The van der Waals surface area contributed by atoms with E-state index in [2.05, 4.69) is 15.1 Å².